The first-order valence-corrected chi connectivity index (χ1v) is 5.97. The van der Waals surface area contributed by atoms with Crippen molar-refractivity contribution in [3.63, 3.8) is 0 Å². The zero-order chi connectivity index (χ0) is 10.7. The van der Waals surface area contributed by atoms with Crippen molar-refractivity contribution in [2.75, 3.05) is 13.1 Å². The minimum atomic E-state index is 0.0688. The van der Waals surface area contributed by atoms with Crippen LogP contribution in [0.25, 0.3) is 0 Å². The second-order valence-electron chi connectivity index (χ2n) is 4.51. The van der Waals surface area contributed by atoms with E-state index in [0.29, 0.717) is 12.6 Å². The SMILES string of the molecule is C=CCN(C(=O)C1CCCCN1)C1CC1. The fraction of sp³-hybridized carbons (Fsp3) is 0.750. The summed E-state index contributed by atoms with van der Waals surface area (Å²) in [6.45, 7) is 5.42. The number of carbonyl (C=O) groups excluding carboxylic acids is 1. The third-order valence-corrected chi connectivity index (χ3v) is 3.20. The Bertz CT molecular complexity index is 242. The van der Waals surface area contributed by atoms with Crippen molar-refractivity contribution in [3.05, 3.63) is 12.7 Å². The van der Waals surface area contributed by atoms with Crippen LogP contribution in [0.3, 0.4) is 0 Å². The predicted octanol–water partition coefficient (Wildman–Crippen LogP) is 1.31. The van der Waals surface area contributed by atoms with Crippen molar-refractivity contribution in [1.82, 2.24) is 10.2 Å². The van der Waals surface area contributed by atoms with Crippen molar-refractivity contribution in [3.8, 4) is 0 Å². The van der Waals surface area contributed by atoms with Gasteiger partial charge in [-0.2, -0.15) is 0 Å². The van der Waals surface area contributed by atoms with Crippen LogP contribution in [0, 0.1) is 0 Å². The van der Waals surface area contributed by atoms with Gasteiger partial charge in [0.05, 0.1) is 6.04 Å². The molecule has 3 nitrogen and oxygen atoms in total. The summed E-state index contributed by atoms with van der Waals surface area (Å²) in [5.41, 5.74) is 0. The molecule has 3 heteroatoms. The van der Waals surface area contributed by atoms with Crippen LogP contribution in [0.1, 0.15) is 32.1 Å². The summed E-state index contributed by atoms with van der Waals surface area (Å²) in [6, 6.07) is 0.568. The maximum Gasteiger partial charge on any atom is 0.240 e. The van der Waals surface area contributed by atoms with Gasteiger partial charge in [0.2, 0.25) is 5.91 Å². The van der Waals surface area contributed by atoms with Crippen LogP contribution < -0.4 is 5.32 Å². The molecule has 15 heavy (non-hydrogen) atoms. The zero-order valence-corrected chi connectivity index (χ0v) is 9.24. The summed E-state index contributed by atoms with van der Waals surface area (Å²) in [5.74, 6) is 0.289. The van der Waals surface area contributed by atoms with Gasteiger partial charge in [0.1, 0.15) is 0 Å². The lowest BCUT2D eigenvalue weighted by atomic mass is 10.0. The molecule has 1 saturated carbocycles. The molecule has 1 amide bonds. The number of hydrogen-bond acceptors (Lipinski definition) is 2. The van der Waals surface area contributed by atoms with E-state index in [2.05, 4.69) is 11.9 Å². The van der Waals surface area contributed by atoms with Gasteiger partial charge in [0, 0.05) is 12.6 Å². The first-order valence-electron chi connectivity index (χ1n) is 5.97. The van der Waals surface area contributed by atoms with Gasteiger partial charge in [-0.1, -0.05) is 12.5 Å². The maximum atomic E-state index is 12.2. The molecule has 1 atom stereocenters. The summed E-state index contributed by atoms with van der Waals surface area (Å²) in [7, 11) is 0. The van der Waals surface area contributed by atoms with Crippen LogP contribution in [0.15, 0.2) is 12.7 Å². The Morgan fingerprint density at radius 2 is 2.20 bits per heavy atom. The van der Waals surface area contributed by atoms with Gasteiger partial charge in [0.25, 0.3) is 0 Å². The number of amides is 1. The Labute approximate surface area is 91.5 Å². The number of rotatable bonds is 4. The van der Waals surface area contributed by atoms with Crippen LogP contribution in [-0.2, 0) is 4.79 Å². The Morgan fingerprint density at radius 1 is 1.40 bits per heavy atom. The van der Waals surface area contributed by atoms with Gasteiger partial charge < -0.3 is 10.2 Å². The second-order valence-corrected chi connectivity index (χ2v) is 4.51. The van der Waals surface area contributed by atoms with Crippen molar-refractivity contribution < 1.29 is 4.79 Å². The second kappa shape index (κ2) is 4.79. The molecule has 1 heterocycles. The standard InChI is InChI=1S/C12H20N2O/c1-2-9-14(10-6-7-10)12(15)11-5-3-4-8-13-11/h2,10-11,13H,1,3-9H2. The first kappa shape index (κ1) is 10.7. The molecule has 1 aliphatic heterocycles. The minimum Gasteiger partial charge on any atom is -0.335 e. The monoisotopic (exact) mass is 208 g/mol. The van der Waals surface area contributed by atoms with Crippen LogP contribution >= 0.6 is 0 Å². The Morgan fingerprint density at radius 3 is 2.73 bits per heavy atom. The van der Waals surface area contributed by atoms with Crippen molar-refractivity contribution in [2.24, 2.45) is 0 Å². The molecule has 2 aliphatic rings. The van der Waals surface area contributed by atoms with Crippen LogP contribution in [-0.4, -0.2) is 36.0 Å². The van der Waals surface area contributed by atoms with E-state index in [-0.39, 0.29) is 11.9 Å². The van der Waals surface area contributed by atoms with Gasteiger partial charge in [-0.05, 0) is 32.2 Å². The number of hydrogen-bond donors (Lipinski definition) is 1. The third-order valence-electron chi connectivity index (χ3n) is 3.20. The van der Waals surface area contributed by atoms with E-state index < -0.39 is 0 Å². The van der Waals surface area contributed by atoms with Crippen molar-refractivity contribution in [1.29, 1.82) is 0 Å². The number of nitrogens with one attached hydrogen (secondary N) is 1. The highest BCUT2D eigenvalue weighted by Gasteiger charge is 2.35. The summed E-state index contributed by atoms with van der Waals surface area (Å²) in [5, 5.41) is 3.31. The average molecular weight is 208 g/mol. The van der Waals surface area contributed by atoms with Crippen LogP contribution in [0.5, 0.6) is 0 Å². The molecule has 1 N–H and O–H groups in total. The lowest BCUT2D eigenvalue weighted by Crippen LogP contribution is -2.49. The van der Waals surface area contributed by atoms with E-state index >= 15 is 0 Å². The summed E-state index contributed by atoms with van der Waals surface area (Å²) < 4.78 is 0. The minimum absolute atomic E-state index is 0.0688. The van der Waals surface area contributed by atoms with Gasteiger partial charge in [-0.3, -0.25) is 4.79 Å². The van der Waals surface area contributed by atoms with Gasteiger partial charge in [-0.25, -0.2) is 0 Å². The summed E-state index contributed by atoms with van der Waals surface area (Å²) in [4.78, 5) is 14.2. The van der Waals surface area contributed by atoms with E-state index in [9.17, 15) is 4.79 Å². The van der Waals surface area contributed by atoms with E-state index in [4.69, 9.17) is 0 Å². The zero-order valence-electron chi connectivity index (χ0n) is 9.24. The highest BCUT2D eigenvalue weighted by molar-refractivity contribution is 5.82. The van der Waals surface area contributed by atoms with Gasteiger partial charge >= 0.3 is 0 Å². The molecule has 2 rings (SSSR count). The molecule has 1 saturated heterocycles. The van der Waals surface area contributed by atoms with E-state index in [1.165, 1.54) is 25.7 Å². The Hall–Kier alpha value is -0.830. The molecular weight excluding hydrogens is 188 g/mol. The predicted molar refractivity (Wildman–Crippen MR) is 60.6 cm³/mol. The molecular formula is C12H20N2O. The molecule has 1 aliphatic carbocycles. The summed E-state index contributed by atoms with van der Waals surface area (Å²) in [6.07, 6.45) is 7.56. The molecule has 84 valence electrons. The average Bonchev–Trinajstić information content (AvgIpc) is 3.10. The molecule has 0 spiro atoms. The fourth-order valence-electron chi connectivity index (χ4n) is 2.21. The van der Waals surface area contributed by atoms with Gasteiger partial charge in [-0.15, -0.1) is 6.58 Å². The smallest absolute Gasteiger partial charge is 0.240 e. The molecule has 0 aromatic heterocycles. The normalized spacial score (nSPS) is 26.0. The topological polar surface area (TPSA) is 32.3 Å². The number of piperidine rings is 1. The molecule has 0 aromatic carbocycles. The largest absolute Gasteiger partial charge is 0.335 e. The lowest BCUT2D eigenvalue weighted by Gasteiger charge is -2.29. The molecule has 2 fully saturated rings. The highest BCUT2D eigenvalue weighted by Crippen LogP contribution is 2.28. The van der Waals surface area contributed by atoms with Crippen molar-refractivity contribution >= 4 is 5.91 Å². The molecule has 1 unspecified atom stereocenters. The van der Waals surface area contributed by atoms with Crippen molar-refractivity contribution in [2.45, 2.75) is 44.2 Å². The maximum absolute atomic E-state index is 12.2. The molecule has 0 bridgehead atoms. The first-order chi connectivity index (χ1) is 7.33. The van der Waals surface area contributed by atoms with E-state index in [0.717, 1.165) is 13.0 Å². The number of nitrogens with zero attached hydrogens (tertiary/aromatic N) is 1. The molecule has 0 aromatic rings. The lowest BCUT2D eigenvalue weighted by molar-refractivity contribution is -0.134. The fourth-order valence-corrected chi connectivity index (χ4v) is 2.21. The van der Waals surface area contributed by atoms with Crippen LogP contribution in [0.4, 0.5) is 0 Å². The Kier molecular flexibility index (Phi) is 3.41. The van der Waals surface area contributed by atoms with E-state index in [1.807, 2.05) is 11.0 Å². The quantitative estimate of drug-likeness (QED) is 0.706. The number of carbonyl (C=O) groups is 1. The summed E-state index contributed by atoms with van der Waals surface area (Å²) >= 11 is 0. The molecule has 0 radical (unpaired) electrons. The Balaban J connectivity index is 1.93. The van der Waals surface area contributed by atoms with Crippen LogP contribution in [0.2, 0.25) is 0 Å². The van der Waals surface area contributed by atoms with E-state index in [1.54, 1.807) is 0 Å². The third kappa shape index (κ3) is 2.59. The highest BCUT2D eigenvalue weighted by atomic mass is 16.2. The van der Waals surface area contributed by atoms with Gasteiger partial charge in [0.15, 0.2) is 0 Å².